The van der Waals surface area contributed by atoms with E-state index < -0.39 is 6.04 Å². The van der Waals surface area contributed by atoms with Gasteiger partial charge in [0.1, 0.15) is 11.8 Å². The van der Waals surface area contributed by atoms with Gasteiger partial charge in [-0.05, 0) is 101 Å². The molecule has 1 N–H and O–H groups in total. The summed E-state index contributed by atoms with van der Waals surface area (Å²) in [5.74, 6) is 1.48. The third-order valence-corrected chi connectivity index (χ3v) is 8.23. The van der Waals surface area contributed by atoms with E-state index in [9.17, 15) is 4.79 Å². The van der Waals surface area contributed by atoms with Crippen LogP contribution in [0.1, 0.15) is 71.4 Å². The zero-order valence-electron chi connectivity index (χ0n) is 23.7. The highest BCUT2D eigenvalue weighted by molar-refractivity contribution is 5.81. The lowest BCUT2D eigenvalue weighted by molar-refractivity contribution is 0.190. The molecule has 1 saturated carbocycles. The fourth-order valence-corrected chi connectivity index (χ4v) is 5.92. The highest BCUT2D eigenvalue weighted by atomic mass is 16.5. The molecule has 0 spiro atoms. The first kappa shape index (κ1) is 26.8. The Morgan fingerprint density at radius 2 is 1.78 bits per heavy atom. The SMILES string of the molecule is COc1ccc(CN(Cc2cccnc2)[C@@H](c2cc3cc(C)c(C)cc3[nH]c2=O)c2nnnn2C2CCCC2)cc1. The Morgan fingerprint density at radius 3 is 2.51 bits per heavy atom. The van der Waals surface area contributed by atoms with Gasteiger partial charge in [0, 0.05) is 36.6 Å². The summed E-state index contributed by atoms with van der Waals surface area (Å²) in [5.41, 5.74) is 5.74. The lowest BCUT2D eigenvalue weighted by atomic mass is 9.99. The number of nitrogens with zero attached hydrogens (tertiary/aromatic N) is 6. The number of pyridine rings is 2. The predicted octanol–water partition coefficient (Wildman–Crippen LogP) is 5.44. The van der Waals surface area contributed by atoms with Gasteiger partial charge < -0.3 is 9.72 Å². The molecule has 0 bridgehead atoms. The number of nitrogens with one attached hydrogen (secondary N) is 1. The van der Waals surface area contributed by atoms with E-state index >= 15 is 0 Å². The molecule has 0 saturated heterocycles. The Balaban J connectivity index is 1.53. The number of aromatic amines is 1. The van der Waals surface area contributed by atoms with Crippen LogP contribution in [0, 0.1) is 13.8 Å². The number of benzene rings is 2. The van der Waals surface area contributed by atoms with E-state index in [2.05, 4.69) is 68.5 Å². The Labute approximate surface area is 239 Å². The van der Waals surface area contributed by atoms with Crippen LogP contribution in [0.4, 0.5) is 0 Å². The Bertz CT molecular complexity index is 1690. The van der Waals surface area contributed by atoms with E-state index in [0.29, 0.717) is 24.5 Å². The lowest BCUT2D eigenvalue weighted by Gasteiger charge is -2.32. The number of rotatable bonds is 9. The third kappa shape index (κ3) is 5.63. The number of methoxy groups -OCH3 is 1. The number of aryl methyl sites for hydroxylation is 2. The summed E-state index contributed by atoms with van der Waals surface area (Å²) in [4.78, 5) is 23.7. The first-order valence-corrected chi connectivity index (χ1v) is 14.2. The van der Waals surface area contributed by atoms with Gasteiger partial charge in [-0.1, -0.05) is 31.0 Å². The highest BCUT2D eigenvalue weighted by Crippen LogP contribution is 2.35. The first-order valence-electron chi connectivity index (χ1n) is 14.2. The van der Waals surface area contributed by atoms with Crippen LogP contribution < -0.4 is 10.3 Å². The van der Waals surface area contributed by atoms with Crippen LogP contribution in [0.25, 0.3) is 10.9 Å². The molecule has 210 valence electrons. The van der Waals surface area contributed by atoms with E-state index in [1.807, 2.05) is 41.2 Å². The van der Waals surface area contributed by atoms with Crippen LogP contribution in [-0.2, 0) is 13.1 Å². The van der Waals surface area contributed by atoms with Crippen LogP contribution in [0.15, 0.2) is 71.8 Å². The molecule has 41 heavy (non-hydrogen) atoms. The highest BCUT2D eigenvalue weighted by Gasteiger charge is 2.33. The summed E-state index contributed by atoms with van der Waals surface area (Å²) in [7, 11) is 1.66. The molecule has 0 amide bonds. The van der Waals surface area contributed by atoms with Gasteiger partial charge in [-0.15, -0.1) is 5.10 Å². The van der Waals surface area contributed by atoms with Crippen molar-refractivity contribution < 1.29 is 4.74 Å². The van der Waals surface area contributed by atoms with Crippen LogP contribution in [-0.4, -0.2) is 42.2 Å². The maximum atomic E-state index is 13.9. The smallest absolute Gasteiger partial charge is 0.253 e. The monoisotopic (exact) mass is 549 g/mol. The average Bonchev–Trinajstić information content (AvgIpc) is 3.68. The average molecular weight is 550 g/mol. The van der Waals surface area contributed by atoms with Gasteiger partial charge in [0.25, 0.3) is 5.56 Å². The maximum Gasteiger partial charge on any atom is 0.253 e. The first-order chi connectivity index (χ1) is 20.0. The van der Waals surface area contributed by atoms with Crippen molar-refractivity contribution in [2.45, 2.75) is 64.7 Å². The summed E-state index contributed by atoms with van der Waals surface area (Å²) in [6.45, 7) is 5.26. The van der Waals surface area contributed by atoms with Crippen molar-refractivity contribution >= 4 is 10.9 Å². The minimum atomic E-state index is -0.498. The molecular weight excluding hydrogens is 514 g/mol. The standard InChI is InChI=1S/C32H35N7O2/c1-21-15-25-17-28(32(40)34-29(25)16-22(21)2)30(31-35-36-37-39(31)26-8-4-5-9-26)38(20-24-7-6-14-33-18-24)19-23-10-12-27(41-3)13-11-23/h6-7,10-18,26,30H,4-5,8-9,19-20H2,1-3H3,(H,34,40)/t30-/m0/s1. The second-order valence-corrected chi connectivity index (χ2v) is 11.0. The number of tetrazole rings is 1. The van der Waals surface area contributed by atoms with Crippen molar-refractivity contribution in [2.75, 3.05) is 7.11 Å². The van der Waals surface area contributed by atoms with Gasteiger partial charge in [-0.3, -0.25) is 14.7 Å². The summed E-state index contributed by atoms with van der Waals surface area (Å²) < 4.78 is 7.36. The van der Waals surface area contributed by atoms with Gasteiger partial charge in [0.2, 0.25) is 0 Å². The van der Waals surface area contributed by atoms with Crippen LogP contribution in [0.2, 0.25) is 0 Å². The van der Waals surface area contributed by atoms with Gasteiger partial charge in [0.05, 0.1) is 13.2 Å². The van der Waals surface area contributed by atoms with E-state index in [1.165, 1.54) is 5.56 Å². The van der Waals surface area contributed by atoms with E-state index in [0.717, 1.165) is 59.0 Å². The molecule has 0 radical (unpaired) electrons. The molecule has 0 unspecified atom stereocenters. The lowest BCUT2D eigenvalue weighted by Crippen LogP contribution is -2.35. The number of hydrogen-bond donors (Lipinski definition) is 1. The Hall–Kier alpha value is -4.37. The molecule has 1 aliphatic carbocycles. The van der Waals surface area contributed by atoms with Gasteiger partial charge in [-0.25, -0.2) is 4.68 Å². The quantitative estimate of drug-likeness (QED) is 0.261. The number of ether oxygens (including phenoxy) is 1. The summed E-state index contributed by atoms with van der Waals surface area (Å²) in [6.07, 6.45) is 7.99. The van der Waals surface area contributed by atoms with Crippen LogP contribution in [0.3, 0.4) is 0 Å². The van der Waals surface area contributed by atoms with Gasteiger partial charge >= 0.3 is 0 Å². The van der Waals surface area contributed by atoms with E-state index in [1.54, 1.807) is 13.3 Å². The zero-order valence-corrected chi connectivity index (χ0v) is 23.7. The summed E-state index contributed by atoms with van der Waals surface area (Å²) in [6, 6.07) is 17.9. The fraction of sp³-hybridized carbons (Fsp3) is 0.344. The number of aromatic nitrogens is 6. The molecule has 3 heterocycles. The van der Waals surface area contributed by atoms with Crippen molar-refractivity contribution in [1.29, 1.82) is 0 Å². The Kier molecular flexibility index (Phi) is 7.61. The zero-order chi connectivity index (χ0) is 28.3. The molecule has 1 atom stereocenters. The van der Waals surface area contributed by atoms with Crippen molar-refractivity contribution in [2.24, 2.45) is 0 Å². The molecule has 1 fully saturated rings. The largest absolute Gasteiger partial charge is 0.497 e. The van der Waals surface area contributed by atoms with Crippen LogP contribution in [0.5, 0.6) is 5.75 Å². The molecule has 9 heteroatoms. The maximum absolute atomic E-state index is 13.9. The molecule has 9 nitrogen and oxygen atoms in total. The van der Waals surface area contributed by atoms with Crippen molar-refractivity contribution in [3.8, 4) is 5.75 Å². The van der Waals surface area contributed by atoms with E-state index in [-0.39, 0.29) is 11.6 Å². The molecular formula is C32H35N7O2. The van der Waals surface area contributed by atoms with Crippen molar-refractivity contribution in [1.82, 2.24) is 35.1 Å². The molecule has 3 aromatic heterocycles. The van der Waals surface area contributed by atoms with Gasteiger partial charge in [-0.2, -0.15) is 0 Å². The fourth-order valence-electron chi connectivity index (χ4n) is 5.92. The van der Waals surface area contributed by atoms with Crippen LogP contribution >= 0.6 is 0 Å². The number of H-pyrrole nitrogens is 1. The predicted molar refractivity (Wildman–Crippen MR) is 158 cm³/mol. The molecule has 6 rings (SSSR count). The molecule has 5 aromatic rings. The minimum absolute atomic E-state index is 0.141. The third-order valence-electron chi connectivity index (χ3n) is 8.23. The van der Waals surface area contributed by atoms with Crippen molar-refractivity contribution in [3.63, 3.8) is 0 Å². The summed E-state index contributed by atoms with van der Waals surface area (Å²) >= 11 is 0. The van der Waals surface area contributed by atoms with Crippen molar-refractivity contribution in [3.05, 3.63) is 111 Å². The minimum Gasteiger partial charge on any atom is -0.497 e. The molecule has 0 aliphatic heterocycles. The molecule has 2 aromatic carbocycles. The Morgan fingerprint density at radius 1 is 1.02 bits per heavy atom. The molecule has 1 aliphatic rings. The topological polar surface area (TPSA) is 102 Å². The number of fused-ring (bicyclic) bond motifs is 1. The number of hydrogen-bond acceptors (Lipinski definition) is 7. The second kappa shape index (κ2) is 11.6. The summed E-state index contributed by atoms with van der Waals surface area (Å²) in [5, 5.41) is 14.2. The second-order valence-electron chi connectivity index (χ2n) is 11.0. The van der Waals surface area contributed by atoms with E-state index in [4.69, 9.17) is 4.74 Å². The van der Waals surface area contributed by atoms with Gasteiger partial charge in [0.15, 0.2) is 5.82 Å². The normalized spacial score (nSPS) is 14.6.